The highest BCUT2D eigenvalue weighted by molar-refractivity contribution is 7.89. The molecule has 0 saturated carbocycles. The molecule has 2 heterocycles. The average Bonchev–Trinajstić information content (AvgIpc) is 3.09. The molecule has 1 aromatic carbocycles. The van der Waals surface area contributed by atoms with Crippen molar-refractivity contribution in [2.24, 2.45) is 0 Å². The van der Waals surface area contributed by atoms with Gasteiger partial charge in [-0.05, 0) is 37.1 Å². The van der Waals surface area contributed by atoms with Crippen LogP contribution in [0, 0.1) is 11.3 Å². The summed E-state index contributed by atoms with van der Waals surface area (Å²) in [6.45, 7) is 1.44. The number of carbonyl (C=O) groups excluding carboxylic acids is 1. The third-order valence-electron chi connectivity index (χ3n) is 4.30. The number of ether oxygens (including phenoxy) is 1. The molecule has 0 unspecified atom stereocenters. The van der Waals surface area contributed by atoms with Crippen LogP contribution in [0.1, 0.15) is 36.0 Å². The van der Waals surface area contributed by atoms with Crippen molar-refractivity contribution in [3.8, 4) is 6.07 Å². The summed E-state index contributed by atoms with van der Waals surface area (Å²) in [4.78, 5) is 12.4. The molecule has 2 aliphatic heterocycles. The predicted molar refractivity (Wildman–Crippen MR) is 89.7 cm³/mol. The van der Waals surface area contributed by atoms with Gasteiger partial charge in [0.25, 0.3) is 5.91 Å². The van der Waals surface area contributed by atoms with Gasteiger partial charge >= 0.3 is 0 Å². The number of nitriles is 1. The summed E-state index contributed by atoms with van der Waals surface area (Å²) in [6.07, 6.45) is 3.26. The Balaban J connectivity index is 1.74. The molecule has 7 nitrogen and oxygen atoms in total. The van der Waals surface area contributed by atoms with Gasteiger partial charge in [0.15, 0.2) is 0 Å². The van der Waals surface area contributed by atoms with Crippen molar-refractivity contribution in [1.29, 1.82) is 5.26 Å². The Bertz CT molecular complexity index is 832. The van der Waals surface area contributed by atoms with Gasteiger partial charge in [-0.3, -0.25) is 10.1 Å². The van der Waals surface area contributed by atoms with Gasteiger partial charge in [-0.1, -0.05) is 6.42 Å². The van der Waals surface area contributed by atoms with Crippen LogP contribution in [0.4, 0.5) is 0 Å². The van der Waals surface area contributed by atoms with Gasteiger partial charge in [0.05, 0.1) is 17.1 Å². The van der Waals surface area contributed by atoms with E-state index < -0.39 is 15.9 Å². The number of amides is 1. The Morgan fingerprint density at radius 1 is 1.16 bits per heavy atom. The Morgan fingerprint density at radius 2 is 1.84 bits per heavy atom. The highest BCUT2D eigenvalue weighted by Gasteiger charge is 2.26. The topological polar surface area (TPSA) is 99.5 Å². The molecular formula is C17H19N3O4S. The molecule has 0 spiro atoms. The maximum atomic E-state index is 12.6. The molecule has 132 valence electrons. The Morgan fingerprint density at radius 3 is 2.48 bits per heavy atom. The van der Waals surface area contributed by atoms with E-state index >= 15 is 0 Å². The van der Waals surface area contributed by atoms with Crippen LogP contribution >= 0.6 is 0 Å². The van der Waals surface area contributed by atoms with Gasteiger partial charge in [-0.15, -0.1) is 0 Å². The standard InChI is InChI=1S/C17H19N3O4S/c18-12-14-8-11-24-17(14)19-16(21)13-4-6-15(7-5-13)25(22,23)20-9-2-1-3-10-20/h4-7H,1-3,8-11H2,(H,19,21). The highest BCUT2D eigenvalue weighted by atomic mass is 32.2. The van der Waals surface area contributed by atoms with Crippen molar-refractivity contribution >= 4 is 15.9 Å². The smallest absolute Gasteiger partial charge is 0.257 e. The molecule has 0 aromatic heterocycles. The summed E-state index contributed by atoms with van der Waals surface area (Å²) in [5.41, 5.74) is 0.704. The number of rotatable bonds is 4. The van der Waals surface area contributed by atoms with Crippen LogP contribution in [0.5, 0.6) is 0 Å². The fourth-order valence-corrected chi connectivity index (χ4v) is 4.40. The van der Waals surface area contributed by atoms with Gasteiger partial charge in [0.2, 0.25) is 15.9 Å². The molecule has 1 N–H and O–H groups in total. The number of nitrogens with one attached hydrogen (secondary N) is 1. The molecule has 0 aliphatic carbocycles. The summed E-state index contributed by atoms with van der Waals surface area (Å²) in [6, 6.07) is 7.80. The molecule has 8 heteroatoms. The Kier molecular flexibility index (Phi) is 5.06. The normalized spacial score (nSPS) is 18.5. The lowest BCUT2D eigenvalue weighted by atomic mass is 10.2. The van der Waals surface area contributed by atoms with Crippen LogP contribution < -0.4 is 5.32 Å². The number of hydrogen-bond donors (Lipinski definition) is 1. The molecule has 2 aliphatic rings. The summed E-state index contributed by atoms with van der Waals surface area (Å²) in [7, 11) is -3.52. The third kappa shape index (κ3) is 3.67. The summed E-state index contributed by atoms with van der Waals surface area (Å²) >= 11 is 0. The van der Waals surface area contributed by atoms with Gasteiger partial charge in [-0.25, -0.2) is 8.42 Å². The predicted octanol–water partition coefficient (Wildman–Crippen LogP) is 1.75. The van der Waals surface area contributed by atoms with E-state index in [4.69, 9.17) is 10.00 Å². The van der Waals surface area contributed by atoms with E-state index in [1.807, 2.05) is 6.07 Å². The Labute approximate surface area is 146 Å². The van der Waals surface area contributed by atoms with Crippen LogP contribution in [0.3, 0.4) is 0 Å². The first kappa shape index (κ1) is 17.5. The van der Waals surface area contributed by atoms with E-state index in [2.05, 4.69) is 5.32 Å². The molecule has 0 atom stereocenters. The number of piperidine rings is 1. The number of hydrogen-bond acceptors (Lipinski definition) is 5. The number of nitrogens with zero attached hydrogens (tertiary/aromatic N) is 2. The monoisotopic (exact) mass is 361 g/mol. The SMILES string of the molecule is N#CC1=C(NC(=O)c2ccc(S(=O)(=O)N3CCCCC3)cc2)OCC1. The lowest BCUT2D eigenvalue weighted by Gasteiger charge is -2.25. The first-order valence-electron chi connectivity index (χ1n) is 8.20. The second kappa shape index (κ2) is 7.25. The minimum Gasteiger partial charge on any atom is -0.478 e. The largest absolute Gasteiger partial charge is 0.478 e. The van der Waals surface area contributed by atoms with Crippen LogP contribution in [-0.2, 0) is 14.8 Å². The van der Waals surface area contributed by atoms with Crippen LogP contribution in [0.2, 0.25) is 0 Å². The lowest BCUT2D eigenvalue weighted by molar-refractivity contribution is 0.0930. The maximum absolute atomic E-state index is 12.6. The van der Waals surface area contributed by atoms with Crippen molar-refractivity contribution in [1.82, 2.24) is 9.62 Å². The van der Waals surface area contributed by atoms with Crippen molar-refractivity contribution in [2.75, 3.05) is 19.7 Å². The summed E-state index contributed by atoms with van der Waals surface area (Å²) in [5.74, 6) is -0.260. The zero-order chi connectivity index (χ0) is 17.9. The summed E-state index contributed by atoms with van der Waals surface area (Å²) < 4.78 is 31.9. The van der Waals surface area contributed by atoms with E-state index in [9.17, 15) is 13.2 Å². The zero-order valence-corrected chi connectivity index (χ0v) is 14.5. The molecule has 1 saturated heterocycles. The zero-order valence-electron chi connectivity index (χ0n) is 13.7. The first-order valence-corrected chi connectivity index (χ1v) is 9.64. The van der Waals surface area contributed by atoms with Crippen molar-refractivity contribution in [3.63, 3.8) is 0 Å². The minimum atomic E-state index is -3.52. The molecule has 1 fully saturated rings. The molecule has 1 aromatic rings. The van der Waals surface area contributed by atoms with Crippen LogP contribution in [-0.4, -0.2) is 38.3 Å². The van der Waals surface area contributed by atoms with Crippen LogP contribution in [0.25, 0.3) is 0 Å². The van der Waals surface area contributed by atoms with E-state index in [0.29, 0.717) is 37.3 Å². The van der Waals surface area contributed by atoms with E-state index in [1.54, 1.807) is 0 Å². The fraction of sp³-hybridized carbons (Fsp3) is 0.412. The first-order chi connectivity index (χ1) is 12.0. The Hall–Kier alpha value is -2.37. The molecule has 1 amide bonds. The molecule has 25 heavy (non-hydrogen) atoms. The number of sulfonamides is 1. The van der Waals surface area contributed by atoms with E-state index in [-0.39, 0.29) is 10.8 Å². The third-order valence-corrected chi connectivity index (χ3v) is 6.22. The maximum Gasteiger partial charge on any atom is 0.257 e. The van der Waals surface area contributed by atoms with Gasteiger partial charge in [-0.2, -0.15) is 9.57 Å². The second-order valence-electron chi connectivity index (χ2n) is 5.96. The minimum absolute atomic E-state index is 0.178. The fourth-order valence-electron chi connectivity index (χ4n) is 2.88. The lowest BCUT2D eigenvalue weighted by Crippen LogP contribution is -2.35. The highest BCUT2D eigenvalue weighted by Crippen LogP contribution is 2.21. The average molecular weight is 361 g/mol. The number of benzene rings is 1. The second-order valence-corrected chi connectivity index (χ2v) is 7.90. The van der Waals surface area contributed by atoms with Crippen molar-refractivity contribution in [2.45, 2.75) is 30.6 Å². The van der Waals surface area contributed by atoms with Crippen molar-refractivity contribution in [3.05, 3.63) is 41.3 Å². The van der Waals surface area contributed by atoms with E-state index in [0.717, 1.165) is 19.3 Å². The van der Waals surface area contributed by atoms with Crippen LogP contribution in [0.15, 0.2) is 40.6 Å². The van der Waals surface area contributed by atoms with E-state index in [1.165, 1.54) is 28.6 Å². The molecule has 0 radical (unpaired) electrons. The quantitative estimate of drug-likeness (QED) is 0.881. The van der Waals surface area contributed by atoms with Gasteiger partial charge < -0.3 is 4.74 Å². The summed E-state index contributed by atoms with van der Waals surface area (Å²) in [5, 5.41) is 11.5. The number of carbonyl (C=O) groups is 1. The molecular weight excluding hydrogens is 342 g/mol. The molecule has 0 bridgehead atoms. The van der Waals surface area contributed by atoms with Gasteiger partial charge in [0, 0.05) is 25.1 Å². The molecule has 3 rings (SSSR count). The van der Waals surface area contributed by atoms with Gasteiger partial charge in [0.1, 0.15) is 6.07 Å². The van der Waals surface area contributed by atoms with Crippen molar-refractivity contribution < 1.29 is 17.9 Å².